The van der Waals surface area contributed by atoms with Crippen LogP contribution in [0.25, 0.3) is 0 Å². The number of sulfonamides is 1. The van der Waals surface area contributed by atoms with Crippen molar-refractivity contribution < 1.29 is 13.2 Å². The molecule has 5 nitrogen and oxygen atoms in total. The highest BCUT2D eigenvalue weighted by molar-refractivity contribution is 7.88. The molecule has 1 saturated heterocycles. The maximum atomic E-state index is 12.2. The quantitative estimate of drug-likeness (QED) is 0.629. The Kier molecular flexibility index (Phi) is 4.78. The SMILES string of the molecule is CS(=O)(=O)N1CCCC(CC(=O)c2ccnc(Cl)c2)C1. The number of carbonyl (C=O) groups is 1. The maximum absolute atomic E-state index is 12.2. The number of pyridine rings is 1. The molecule has 0 saturated carbocycles. The number of carbonyl (C=O) groups excluding carboxylic acids is 1. The first-order valence-electron chi connectivity index (χ1n) is 6.46. The molecule has 1 atom stereocenters. The van der Waals surface area contributed by atoms with E-state index in [9.17, 15) is 13.2 Å². The topological polar surface area (TPSA) is 67.3 Å². The predicted octanol–water partition coefficient (Wildman–Crippen LogP) is 1.98. The maximum Gasteiger partial charge on any atom is 0.211 e. The number of nitrogens with zero attached hydrogens (tertiary/aromatic N) is 2. The van der Waals surface area contributed by atoms with Crippen LogP contribution in [-0.2, 0) is 10.0 Å². The van der Waals surface area contributed by atoms with E-state index < -0.39 is 10.0 Å². The molecule has 1 aliphatic rings. The largest absolute Gasteiger partial charge is 0.294 e. The van der Waals surface area contributed by atoms with Crippen LogP contribution in [0.15, 0.2) is 18.3 Å². The van der Waals surface area contributed by atoms with E-state index in [1.165, 1.54) is 16.8 Å². The van der Waals surface area contributed by atoms with E-state index in [1.807, 2.05) is 0 Å². The average Bonchev–Trinajstić information content (AvgIpc) is 2.38. The summed E-state index contributed by atoms with van der Waals surface area (Å²) in [4.78, 5) is 16.0. The van der Waals surface area contributed by atoms with E-state index in [0.29, 0.717) is 25.1 Å². The predicted molar refractivity (Wildman–Crippen MR) is 77.3 cm³/mol. The van der Waals surface area contributed by atoms with Crippen LogP contribution in [0.3, 0.4) is 0 Å². The molecule has 0 N–H and O–H groups in total. The monoisotopic (exact) mass is 316 g/mol. The van der Waals surface area contributed by atoms with Gasteiger partial charge in [-0.1, -0.05) is 11.6 Å². The molecule has 110 valence electrons. The zero-order valence-electron chi connectivity index (χ0n) is 11.3. The third-order valence-electron chi connectivity index (χ3n) is 3.47. The zero-order valence-corrected chi connectivity index (χ0v) is 12.8. The Bertz CT molecular complexity index is 603. The van der Waals surface area contributed by atoms with Crippen molar-refractivity contribution >= 4 is 27.4 Å². The number of ketones is 1. The van der Waals surface area contributed by atoms with Gasteiger partial charge in [0.1, 0.15) is 5.15 Å². The van der Waals surface area contributed by atoms with Gasteiger partial charge in [-0.3, -0.25) is 4.79 Å². The number of aromatic nitrogens is 1. The van der Waals surface area contributed by atoms with Gasteiger partial charge in [0, 0.05) is 31.3 Å². The minimum absolute atomic E-state index is 0.0188. The summed E-state index contributed by atoms with van der Waals surface area (Å²) in [6.07, 6.45) is 4.71. The van der Waals surface area contributed by atoms with Gasteiger partial charge < -0.3 is 0 Å². The fraction of sp³-hybridized carbons (Fsp3) is 0.538. The molecule has 1 fully saturated rings. The van der Waals surface area contributed by atoms with E-state index >= 15 is 0 Å². The molecular weight excluding hydrogens is 300 g/mol. The standard InChI is InChI=1S/C13H17ClN2O3S/c1-20(18,19)16-6-2-3-10(9-16)7-12(17)11-4-5-15-13(14)8-11/h4-5,8,10H,2-3,6-7,9H2,1H3. The summed E-state index contributed by atoms with van der Waals surface area (Å²) in [5.74, 6) is 0.0487. The van der Waals surface area contributed by atoms with Gasteiger partial charge in [0.2, 0.25) is 10.0 Å². The molecule has 0 radical (unpaired) electrons. The summed E-state index contributed by atoms with van der Waals surface area (Å²) in [6, 6.07) is 3.17. The lowest BCUT2D eigenvalue weighted by atomic mass is 9.92. The van der Waals surface area contributed by atoms with Gasteiger partial charge in [-0.15, -0.1) is 0 Å². The summed E-state index contributed by atoms with van der Waals surface area (Å²) in [7, 11) is -3.18. The molecule has 1 aromatic rings. The number of halogens is 1. The van der Waals surface area contributed by atoms with Gasteiger partial charge >= 0.3 is 0 Å². The van der Waals surface area contributed by atoms with Crippen molar-refractivity contribution in [3.63, 3.8) is 0 Å². The third kappa shape index (κ3) is 4.01. The van der Waals surface area contributed by atoms with Crippen LogP contribution in [-0.4, -0.2) is 42.8 Å². The van der Waals surface area contributed by atoms with Crippen LogP contribution in [0, 0.1) is 5.92 Å². The molecule has 0 aliphatic carbocycles. The van der Waals surface area contributed by atoms with Gasteiger partial charge in [-0.05, 0) is 30.9 Å². The third-order valence-corrected chi connectivity index (χ3v) is 4.95. The average molecular weight is 317 g/mol. The lowest BCUT2D eigenvalue weighted by Gasteiger charge is -2.30. The molecule has 20 heavy (non-hydrogen) atoms. The summed E-state index contributed by atoms with van der Waals surface area (Å²) in [5, 5.41) is 0.289. The second-order valence-corrected chi connectivity index (χ2v) is 7.49. The molecule has 0 bridgehead atoms. The second-order valence-electron chi connectivity index (χ2n) is 5.12. The van der Waals surface area contributed by atoms with Crippen molar-refractivity contribution in [3.05, 3.63) is 29.0 Å². The van der Waals surface area contributed by atoms with Gasteiger partial charge in [-0.25, -0.2) is 17.7 Å². The number of Topliss-reactive ketones (excluding diaryl/α,β-unsaturated/α-hetero) is 1. The van der Waals surface area contributed by atoms with Crippen molar-refractivity contribution in [2.75, 3.05) is 19.3 Å². The van der Waals surface area contributed by atoms with E-state index in [2.05, 4.69) is 4.98 Å². The van der Waals surface area contributed by atoms with Gasteiger partial charge in [0.25, 0.3) is 0 Å². The van der Waals surface area contributed by atoms with E-state index in [-0.39, 0.29) is 16.9 Å². The molecule has 2 heterocycles. The molecule has 1 unspecified atom stereocenters. The van der Waals surface area contributed by atoms with Gasteiger partial charge in [0.15, 0.2) is 5.78 Å². The van der Waals surface area contributed by atoms with Crippen LogP contribution < -0.4 is 0 Å². The smallest absolute Gasteiger partial charge is 0.211 e. The number of hydrogen-bond donors (Lipinski definition) is 0. The molecule has 7 heteroatoms. The van der Waals surface area contributed by atoms with Crippen molar-refractivity contribution in [1.29, 1.82) is 0 Å². The van der Waals surface area contributed by atoms with Crippen LogP contribution in [0.5, 0.6) is 0 Å². The molecule has 0 spiro atoms. The first kappa shape index (κ1) is 15.4. The Morgan fingerprint density at radius 2 is 2.30 bits per heavy atom. The highest BCUT2D eigenvalue weighted by atomic mass is 35.5. The Hall–Kier alpha value is -0.980. The summed E-state index contributed by atoms with van der Waals surface area (Å²) in [5.41, 5.74) is 0.529. The molecule has 1 aromatic heterocycles. The van der Waals surface area contributed by atoms with Crippen LogP contribution in [0.1, 0.15) is 29.6 Å². The summed E-state index contributed by atoms with van der Waals surface area (Å²) >= 11 is 5.76. The minimum atomic E-state index is -3.18. The number of hydrogen-bond acceptors (Lipinski definition) is 4. The fourth-order valence-electron chi connectivity index (χ4n) is 2.45. The lowest BCUT2D eigenvalue weighted by molar-refractivity contribution is 0.0942. The minimum Gasteiger partial charge on any atom is -0.294 e. The molecule has 1 aliphatic heterocycles. The zero-order chi connectivity index (χ0) is 14.8. The highest BCUT2D eigenvalue weighted by Crippen LogP contribution is 2.23. The summed E-state index contributed by atoms with van der Waals surface area (Å²) in [6.45, 7) is 0.966. The first-order chi connectivity index (χ1) is 9.36. The lowest BCUT2D eigenvalue weighted by Crippen LogP contribution is -2.39. The van der Waals surface area contributed by atoms with E-state index in [4.69, 9.17) is 11.6 Å². The van der Waals surface area contributed by atoms with Gasteiger partial charge in [-0.2, -0.15) is 0 Å². The molecule has 0 amide bonds. The van der Waals surface area contributed by atoms with Crippen molar-refractivity contribution in [2.24, 2.45) is 5.92 Å². The first-order valence-corrected chi connectivity index (χ1v) is 8.69. The van der Waals surface area contributed by atoms with Crippen LogP contribution in [0.4, 0.5) is 0 Å². The number of rotatable bonds is 4. The van der Waals surface area contributed by atoms with Crippen LogP contribution >= 0.6 is 11.6 Å². The van der Waals surface area contributed by atoms with Crippen LogP contribution in [0.2, 0.25) is 5.15 Å². The summed E-state index contributed by atoms with van der Waals surface area (Å²) < 4.78 is 24.5. The number of piperidine rings is 1. The second kappa shape index (κ2) is 6.20. The normalized spacial score (nSPS) is 20.8. The Morgan fingerprint density at radius 3 is 2.95 bits per heavy atom. The fourth-order valence-corrected chi connectivity index (χ4v) is 3.57. The molecule has 0 aromatic carbocycles. The van der Waals surface area contributed by atoms with Crippen molar-refractivity contribution in [1.82, 2.24) is 9.29 Å². The van der Waals surface area contributed by atoms with Crippen molar-refractivity contribution in [3.8, 4) is 0 Å². The highest BCUT2D eigenvalue weighted by Gasteiger charge is 2.27. The van der Waals surface area contributed by atoms with Gasteiger partial charge in [0.05, 0.1) is 6.26 Å². The Labute approximate surface area is 124 Å². The van der Waals surface area contributed by atoms with Crippen molar-refractivity contribution in [2.45, 2.75) is 19.3 Å². The Balaban J connectivity index is 2.01. The molecular formula is C13H17ClN2O3S. The van der Waals surface area contributed by atoms with E-state index in [1.54, 1.807) is 12.1 Å². The molecule has 2 rings (SSSR count). The van der Waals surface area contributed by atoms with E-state index in [0.717, 1.165) is 12.8 Å². The Morgan fingerprint density at radius 1 is 1.55 bits per heavy atom.